The molecule has 5 N–H and O–H groups in total. The van der Waals surface area contributed by atoms with E-state index in [1.807, 2.05) is 0 Å². The van der Waals surface area contributed by atoms with Crippen molar-refractivity contribution in [3.05, 3.63) is 0 Å². The molecule has 0 radical (unpaired) electrons. The largest absolute Gasteiger partial charge is 0.481 e. The molecule has 45 heavy (non-hydrogen) atoms. The maximum absolute atomic E-state index is 13.2. The van der Waals surface area contributed by atoms with Crippen molar-refractivity contribution >= 4 is 23.9 Å². The fourth-order valence-electron chi connectivity index (χ4n) is 10.3. The van der Waals surface area contributed by atoms with E-state index in [2.05, 4.69) is 27.7 Å². The van der Waals surface area contributed by atoms with Gasteiger partial charge in [-0.1, -0.05) is 34.1 Å². The molecule has 0 spiro atoms. The average molecular weight is 635 g/mol. The van der Waals surface area contributed by atoms with Crippen LogP contribution in [0, 0.1) is 46.3 Å². The zero-order valence-electron chi connectivity index (χ0n) is 28.0. The summed E-state index contributed by atoms with van der Waals surface area (Å²) in [5.74, 6) is -0.592. The zero-order chi connectivity index (χ0) is 32.9. The van der Waals surface area contributed by atoms with Gasteiger partial charge in [-0.2, -0.15) is 0 Å². The fraction of sp³-hybridized carbons (Fsp3) is 0.886. The minimum Gasteiger partial charge on any atom is -0.481 e. The predicted molar refractivity (Wildman–Crippen MR) is 169 cm³/mol. The van der Waals surface area contributed by atoms with Gasteiger partial charge in [0.05, 0.1) is 12.8 Å². The summed E-state index contributed by atoms with van der Waals surface area (Å²) in [5, 5.41) is 9.44. The van der Waals surface area contributed by atoms with Crippen LogP contribution < -0.4 is 11.5 Å². The number of carboxylic acid groups (broad SMARTS) is 1. The van der Waals surface area contributed by atoms with Crippen molar-refractivity contribution in [3.8, 4) is 0 Å². The lowest BCUT2D eigenvalue weighted by molar-refractivity contribution is -0.225. The molecule has 0 aromatic carbocycles. The van der Waals surface area contributed by atoms with Crippen LogP contribution in [0.15, 0.2) is 0 Å². The van der Waals surface area contributed by atoms with E-state index in [-0.39, 0.29) is 115 Å². The normalized spacial score (nSPS) is 37.8. The standard InChI is InChI=1S/C35H58N2O8/c1-5-6-7-30(40)44-27-19-22-18-23(43-31(41)13-16-36)12-15-34(22,3)26-20-28(45-32(42)14-17-37)35(4)24(9-10-25(35)33(26)27)21(2)8-11-29(38)39/h21-28,33H,5-20,36-37H2,1-4H3,(H,38,39)/t21-,22+,23-,24-,25+,26+,27-,28+,33+,34+,35-/m1/s1. The molecule has 0 heterocycles. The second-order valence-electron chi connectivity index (χ2n) is 15.0. The third-order valence-corrected chi connectivity index (χ3v) is 12.5. The summed E-state index contributed by atoms with van der Waals surface area (Å²) in [5.41, 5.74) is 10.9. The van der Waals surface area contributed by atoms with E-state index in [1.54, 1.807) is 0 Å². The van der Waals surface area contributed by atoms with Crippen LogP contribution in [0.1, 0.15) is 118 Å². The number of carboxylic acids is 1. The molecular weight excluding hydrogens is 576 g/mol. The number of carbonyl (C=O) groups excluding carboxylic acids is 3. The third-order valence-electron chi connectivity index (χ3n) is 12.5. The summed E-state index contributed by atoms with van der Waals surface area (Å²) in [6.07, 6.45) is 7.91. The van der Waals surface area contributed by atoms with Gasteiger partial charge in [0.25, 0.3) is 0 Å². The Morgan fingerprint density at radius 3 is 2.16 bits per heavy atom. The second-order valence-corrected chi connectivity index (χ2v) is 15.0. The van der Waals surface area contributed by atoms with Gasteiger partial charge < -0.3 is 30.8 Å². The van der Waals surface area contributed by atoms with E-state index in [0.29, 0.717) is 25.7 Å². The molecule has 0 bridgehead atoms. The van der Waals surface area contributed by atoms with Crippen LogP contribution in [0.3, 0.4) is 0 Å². The summed E-state index contributed by atoms with van der Waals surface area (Å²) in [6, 6.07) is 0. The van der Waals surface area contributed by atoms with Crippen LogP contribution in [0.4, 0.5) is 0 Å². The third kappa shape index (κ3) is 7.53. The first kappa shape index (κ1) is 35.7. The molecule has 10 heteroatoms. The van der Waals surface area contributed by atoms with Gasteiger partial charge in [0, 0.05) is 37.3 Å². The SMILES string of the molecule is CCCCC(=O)O[C@@H]1C[C@@H]2C[C@H](OC(=O)CCN)CC[C@]2(C)[C@H]2C[C@H](OC(=O)CCN)[C@]3(C)[C@@H]([C@H](C)CCC(=O)O)CC[C@H]3[C@H]12. The fourth-order valence-corrected chi connectivity index (χ4v) is 10.3. The van der Waals surface area contributed by atoms with E-state index in [1.165, 1.54) is 0 Å². The van der Waals surface area contributed by atoms with Crippen molar-refractivity contribution in [2.75, 3.05) is 13.1 Å². The van der Waals surface area contributed by atoms with E-state index < -0.39 is 5.97 Å². The highest BCUT2D eigenvalue weighted by Gasteiger charge is 2.67. The summed E-state index contributed by atoms with van der Waals surface area (Å²) >= 11 is 0. The lowest BCUT2D eigenvalue weighted by Crippen LogP contribution is -2.63. The Morgan fingerprint density at radius 2 is 1.51 bits per heavy atom. The number of ether oxygens (including phenoxy) is 3. The molecule has 0 aromatic rings. The van der Waals surface area contributed by atoms with E-state index in [9.17, 15) is 24.3 Å². The van der Waals surface area contributed by atoms with Crippen molar-refractivity contribution < 1.29 is 38.5 Å². The van der Waals surface area contributed by atoms with Crippen molar-refractivity contribution in [2.24, 2.45) is 57.8 Å². The number of carbonyl (C=O) groups is 4. The van der Waals surface area contributed by atoms with Crippen LogP contribution in [-0.4, -0.2) is 60.4 Å². The van der Waals surface area contributed by atoms with Gasteiger partial charge in [-0.15, -0.1) is 0 Å². The van der Waals surface area contributed by atoms with Gasteiger partial charge >= 0.3 is 23.9 Å². The number of hydrogen-bond donors (Lipinski definition) is 3. The molecule has 4 fully saturated rings. The Labute approximate surface area is 269 Å². The summed E-state index contributed by atoms with van der Waals surface area (Å²) in [6.45, 7) is 9.28. The molecular formula is C35H58N2O8. The Morgan fingerprint density at radius 1 is 0.844 bits per heavy atom. The molecule has 4 aliphatic carbocycles. The molecule has 4 rings (SSSR count). The lowest BCUT2D eigenvalue weighted by Gasteiger charge is -2.64. The minimum atomic E-state index is -0.800. The quantitative estimate of drug-likeness (QED) is 0.175. The monoisotopic (exact) mass is 634 g/mol. The maximum Gasteiger partial charge on any atom is 0.307 e. The van der Waals surface area contributed by atoms with Gasteiger partial charge in [-0.3, -0.25) is 19.2 Å². The van der Waals surface area contributed by atoms with Crippen LogP contribution in [0.2, 0.25) is 0 Å². The van der Waals surface area contributed by atoms with Gasteiger partial charge in [-0.25, -0.2) is 0 Å². The Kier molecular flexibility index (Phi) is 12.0. The molecule has 256 valence electrons. The smallest absolute Gasteiger partial charge is 0.307 e. The van der Waals surface area contributed by atoms with Crippen LogP contribution in [0.5, 0.6) is 0 Å². The zero-order valence-corrected chi connectivity index (χ0v) is 28.0. The maximum atomic E-state index is 13.2. The van der Waals surface area contributed by atoms with Crippen molar-refractivity contribution in [3.63, 3.8) is 0 Å². The lowest BCUT2D eigenvalue weighted by atomic mass is 9.43. The predicted octanol–water partition coefficient (Wildman–Crippen LogP) is 4.99. The van der Waals surface area contributed by atoms with Gasteiger partial charge in [-0.05, 0) is 92.8 Å². The van der Waals surface area contributed by atoms with Crippen LogP contribution in [-0.2, 0) is 33.4 Å². The highest BCUT2D eigenvalue weighted by atomic mass is 16.6. The number of nitrogens with two attached hydrogens (primary N) is 2. The molecule has 4 aliphatic rings. The Bertz CT molecular complexity index is 1070. The van der Waals surface area contributed by atoms with Crippen molar-refractivity contribution in [1.29, 1.82) is 0 Å². The number of fused-ring (bicyclic) bond motifs is 5. The Balaban J connectivity index is 1.71. The number of unbranched alkanes of at least 4 members (excludes halogenated alkanes) is 1. The first-order valence-electron chi connectivity index (χ1n) is 17.6. The first-order valence-corrected chi connectivity index (χ1v) is 17.6. The molecule has 0 saturated heterocycles. The van der Waals surface area contributed by atoms with E-state index in [0.717, 1.165) is 44.9 Å². The molecule has 0 unspecified atom stereocenters. The molecule has 4 saturated carbocycles. The van der Waals surface area contributed by atoms with Crippen molar-refractivity contribution in [2.45, 2.75) is 136 Å². The molecule has 11 atom stereocenters. The minimum absolute atomic E-state index is 0.0966. The second kappa shape index (κ2) is 15.1. The number of rotatable bonds is 14. The average Bonchev–Trinajstić information content (AvgIpc) is 3.34. The number of hydrogen-bond acceptors (Lipinski definition) is 9. The van der Waals surface area contributed by atoms with Gasteiger partial charge in [0.2, 0.25) is 0 Å². The summed E-state index contributed by atoms with van der Waals surface area (Å²) in [4.78, 5) is 50.1. The van der Waals surface area contributed by atoms with E-state index >= 15 is 0 Å². The number of esters is 3. The van der Waals surface area contributed by atoms with Crippen molar-refractivity contribution in [1.82, 2.24) is 0 Å². The van der Waals surface area contributed by atoms with Gasteiger partial charge in [0.1, 0.15) is 18.3 Å². The van der Waals surface area contributed by atoms with Gasteiger partial charge in [0.15, 0.2) is 0 Å². The summed E-state index contributed by atoms with van der Waals surface area (Å²) < 4.78 is 18.7. The first-order chi connectivity index (χ1) is 21.4. The van der Waals surface area contributed by atoms with E-state index in [4.69, 9.17) is 25.7 Å². The highest BCUT2D eigenvalue weighted by Crippen LogP contribution is 2.69. The molecule has 0 aromatic heterocycles. The highest BCUT2D eigenvalue weighted by molar-refractivity contribution is 5.70. The number of aliphatic carboxylic acids is 1. The Hall–Kier alpha value is -2.20. The summed E-state index contributed by atoms with van der Waals surface area (Å²) in [7, 11) is 0. The molecule has 0 amide bonds. The molecule has 0 aliphatic heterocycles. The molecule has 10 nitrogen and oxygen atoms in total. The van der Waals surface area contributed by atoms with Crippen LogP contribution in [0.25, 0.3) is 0 Å². The van der Waals surface area contributed by atoms with Crippen LogP contribution >= 0.6 is 0 Å². The topological polar surface area (TPSA) is 168 Å².